The monoisotopic (exact) mass is 415 g/mol. The summed E-state index contributed by atoms with van der Waals surface area (Å²) in [5.41, 5.74) is 1.01. The average molecular weight is 416 g/mol. The molecule has 23 heavy (non-hydrogen) atoms. The number of rotatable bonds is 5. The largest absolute Gasteiger partial charge is 0.381 e. The summed E-state index contributed by atoms with van der Waals surface area (Å²) < 4.78 is 34.1. The minimum absolute atomic E-state index is 0.188. The summed E-state index contributed by atoms with van der Waals surface area (Å²) in [7, 11) is -3.55. The molecular formula is C16H18BrNO3S2. The summed E-state index contributed by atoms with van der Waals surface area (Å²) in [4.78, 5) is 0.271. The van der Waals surface area contributed by atoms with Gasteiger partial charge in [-0.1, -0.05) is 12.1 Å². The normalized spacial score (nSPS) is 18.0. The Bertz CT molecular complexity index is 753. The second-order valence-corrected chi connectivity index (χ2v) is 9.03. The van der Waals surface area contributed by atoms with Crippen molar-refractivity contribution in [2.75, 3.05) is 19.8 Å². The van der Waals surface area contributed by atoms with Crippen LogP contribution in [0.3, 0.4) is 0 Å². The Morgan fingerprint density at radius 1 is 1.22 bits per heavy atom. The molecule has 1 saturated heterocycles. The van der Waals surface area contributed by atoms with Crippen molar-refractivity contribution in [1.29, 1.82) is 0 Å². The number of nitrogens with one attached hydrogen (secondary N) is 1. The molecule has 7 heteroatoms. The van der Waals surface area contributed by atoms with Gasteiger partial charge in [-0.15, -0.1) is 0 Å². The molecule has 0 spiro atoms. The summed E-state index contributed by atoms with van der Waals surface area (Å²) in [6.45, 7) is 1.70. The summed E-state index contributed by atoms with van der Waals surface area (Å²) in [5.74, 6) is 0. The maximum absolute atomic E-state index is 12.6. The smallest absolute Gasteiger partial charge is 0.241 e. The van der Waals surface area contributed by atoms with Crippen LogP contribution in [-0.2, 0) is 20.2 Å². The predicted octanol–water partition coefficient (Wildman–Crippen LogP) is 3.54. The van der Waals surface area contributed by atoms with Gasteiger partial charge in [0.05, 0.1) is 4.90 Å². The number of benzene rings is 1. The van der Waals surface area contributed by atoms with Crippen LogP contribution in [-0.4, -0.2) is 28.2 Å². The maximum atomic E-state index is 12.6. The van der Waals surface area contributed by atoms with Crippen LogP contribution in [0.25, 0.3) is 0 Å². The van der Waals surface area contributed by atoms with Gasteiger partial charge in [-0.3, -0.25) is 0 Å². The Labute approximate surface area is 149 Å². The van der Waals surface area contributed by atoms with E-state index in [0.29, 0.717) is 24.2 Å². The molecule has 0 bridgehead atoms. The summed E-state index contributed by atoms with van der Waals surface area (Å²) in [6.07, 6.45) is 1.64. The van der Waals surface area contributed by atoms with Gasteiger partial charge in [0.15, 0.2) is 0 Å². The average Bonchev–Trinajstić information content (AvgIpc) is 3.09. The number of hydrogen-bond acceptors (Lipinski definition) is 4. The topological polar surface area (TPSA) is 55.4 Å². The maximum Gasteiger partial charge on any atom is 0.241 e. The van der Waals surface area contributed by atoms with Gasteiger partial charge in [0, 0.05) is 29.6 Å². The summed E-state index contributed by atoms with van der Waals surface area (Å²) in [5, 5.41) is 4.15. The minimum Gasteiger partial charge on any atom is -0.381 e. The number of halogens is 1. The number of thiophene rings is 1. The van der Waals surface area contributed by atoms with E-state index in [4.69, 9.17) is 4.74 Å². The second-order valence-electron chi connectivity index (χ2n) is 5.66. The fraction of sp³-hybridized carbons (Fsp3) is 0.375. The van der Waals surface area contributed by atoms with Crippen LogP contribution in [0.15, 0.2) is 50.5 Å². The Hall–Kier alpha value is -0.730. The van der Waals surface area contributed by atoms with Crippen molar-refractivity contribution in [2.24, 2.45) is 0 Å². The molecule has 0 radical (unpaired) electrons. The van der Waals surface area contributed by atoms with Crippen molar-refractivity contribution in [3.63, 3.8) is 0 Å². The van der Waals surface area contributed by atoms with Crippen molar-refractivity contribution in [1.82, 2.24) is 4.72 Å². The fourth-order valence-electron chi connectivity index (χ4n) is 2.87. The van der Waals surface area contributed by atoms with Gasteiger partial charge in [-0.2, -0.15) is 11.3 Å². The minimum atomic E-state index is -3.55. The Kier molecular flexibility index (Phi) is 5.22. The van der Waals surface area contributed by atoms with E-state index in [9.17, 15) is 8.42 Å². The van der Waals surface area contributed by atoms with Crippen LogP contribution in [0, 0.1) is 0 Å². The molecule has 2 aromatic rings. The first kappa shape index (κ1) is 17.1. The number of sulfonamides is 1. The molecule has 0 saturated carbocycles. The molecule has 124 valence electrons. The van der Waals surface area contributed by atoms with Crippen molar-refractivity contribution in [3.05, 3.63) is 51.1 Å². The first-order valence-electron chi connectivity index (χ1n) is 7.38. The van der Waals surface area contributed by atoms with Gasteiger partial charge in [-0.05, 0) is 63.3 Å². The van der Waals surface area contributed by atoms with Gasteiger partial charge in [0.1, 0.15) is 0 Å². The number of ether oxygens (including phenoxy) is 1. The molecule has 1 aliphatic heterocycles. The molecule has 0 atom stereocenters. The Balaban J connectivity index is 1.83. The lowest BCUT2D eigenvalue weighted by molar-refractivity contribution is 0.0518. The first-order valence-corrected chi connectivity index (χ1v) is 10.6. The van der Waals surface area contributed by atoms with E-state index in [1.165, 1.54) is 5.56 Å². The van der Waals surface area contributed by atoms with Crippen LogP contribution < -0.4 is 4.72 Å². The SMILES string of the molecule is O=S(=O)(NCC1(c2ccsc2)CCOCC1)c1ccccc1Br. The third-order valence-corrected chi connectivity index (χ3v) is 7.41. The molecule has 1 aromatic carbocycles. The number of hydrogen-bond donors (Lipinski definition) is 1. The lowest BCUT2D eigenvalue weighted by atomic mass is 9.75. The van der Waals surface area contributed by atoms with E-state index < -0.39 is 10.0 Å². The molecule has 1 aromatic heterocycles. The molecule has 1 fully saturated rings. The molecule has 0 unspecified atom stereocenters. The highest BCUT2D eigenvalue weighted by Gasteiger charge is 2.36. The van der Waals surface area contributed by atoms with Gasteiger partial charge in [-0.25, -0.2) is 13.1 Å². The van der Waals surface area contributed by atoms with Gasteiger partial charge in [0.2, 0.25) is 10.0 Å². The molecule has 2 heterocycles. The summed E-state index contributed by atoms with van der Waals surface area (Å²) >= 11 is 4.95. The predicted molar refractivity (Wildman–Crippen MR) is 95.4 cm³/mol. The lowest BCUT2D eigenvalue weighted by Crippen LogP contribution is -2.44. The third kappa shape index (κ3) is 3.69. The van der Waals surface area contributed by atoms with Crippen LogP contribution in [0.4, 0.5) is 0 Å². The zero-order valence-electron chi connectivity index (χ0n) is 12.5. The molecule has 1 aliphatic rings. The van der Waals surface area contributed by atoms with E-state index in [0.717, 1.165) is 12.8 Å². The van der Waals surface area contributed by atoms with Gasteiger partial charge < -0.3 is 4.74 Å². The third-order valence-electron chi connectivity index (χ3n) is 4.31. The van der Waals surface area contributed by atoms with E-state index >= 15 is 0 Å². The van der Waals surface area contributed by atoms with Crippen LogP contribution in [0.1, 0.15) is 18.4 Å². The van der Waals surface area contributed by atoms with Gasteiger partial charge >= 0.3 is 0 Å². The highest BCUT2D eigenvalue weighted by molar-refractivity contribution is 9.10. The highest BCUT2D eigenvalue weighted by Crippen LogP contribution is 2.36. The molecule has 3 rings (SSSR count). The molecule has 0 amide bonds. The van der Waals surface area contributed by atoms with Crippen molar-refractivity contribution in [2.45, 2.75) is 23.2 Å². The zero-order chi connectivity index (χ0) is 16.3. The lowest BCUT2D eigenvalue weighted by Gasteiger charge is -2.37. The highest BCUT2D eigenvalue weighted by atomic mass is 79.9. The van der Waals surface area contributed by atoms with Crippen molar-refractivity contribution >= 4 is 37.3 Å². The fourth-order valence-corrected chi connectivity index (χ4v) is 5.78. The molecule has 1 N–H and O–H groups in total. The molecular weight excluding hydrogens is 398 g/mol. The first-order chi connectivity index (χ1) is 11.0. The van der Waals surface area contributed by atoms with Crippen LogP contribution in [0.5, 0.6) is 0 Å². The van der Waals surface area contributed by atoms with E-state index in [2.05, 4.69) is 32.1 Å². The van der Waals surface area contributed by atoms with E-state index in [1.54, 1.807) is 35.6 Å². The van der Waals surface area contributed by atoms with Crippen LogP contribution >= 0.6 is 27.3 Å². The van der Waals surface area contributed by atoms with E-state index in [1.807, 2.05) is 5.38 Å². The van der Waals surface area contributed by atoms with Crippen LogP contribution in [0.2, 0.25) is 0 Å². The van der Waals surface area contributed by atoms with Crippen molar-refractivity contribution in [3.8, 4) is 0 Å². The van der Waals surface area contributed by atoms with E-state index in [-0.39, 0.29) is 10.3 Å². The standard InChI is InChI=1S/C16H18BrNO3S2/c17-14-3-1-2-4-15(14)23(19,20)18-12-16(6-8-21-9-7-16)13-5-10-22-11-13/h1-5,10-11,18H,6-9,12H2. The van der Waals surface area contributed by atoms with Gasteiger partial charge in [0.25, 0.3) is 0 Å². The molecule has 0 aliphatic carbocycles. The second kappa shape index (κ2) is 7.03. The Morgan fingerprint density at radius 2 is 1.96 bits per heavy atom. The zero-order valence-corrected chi connectivity index (χ0v) is 15.7. The summed E-state index contributed by atoms with van der Waals surface area (Å²) in [6, 6.07) is 8.95. The van der Waals surface area contributed by atoms with Crippen molar-refractivity contribution < 1.29 is 13.2 Å². The molecule has 4 nitrogen and oxygen atoms in total. The Morgan fingerprint density at radius 3 is 2.61 bits per heavy atom. The quantitative estimate of drug-likeness (QED) is 0.812.